The number of nitrogens with zero attached hydrogens (tertiary/aromatic N) is 2. The van der Waals surface area contributed by atoms with E-state index in [4.69, 9.17) is 30.8 Å². The van der Waals surface area contributed by atoms with Gasteiger partial charge >= 0.3 is 0 Å². The second kappa shape index (κ2) is 12.6. The van der Waals surface area contributed by atoms with Crippen LogP contribution in [0.2, 0.25) is 5.02 Å². The Labute approximate surface area is 220 Å². The van der Waals surface area contributed by atoms with Gasteiger partial charge in [0, 0.05) is 17.2 Å². The summed E-state index contributed by atoms with van der Waals surface area (Å²) in [6.07, 6.45) is 1.84. The fourth-order valence-corrected chi connectivity index (χ4v) is 4.73. The summed E-state index contributed by atoms with van der Waals surface area (Å²) in [6, 6.07) is 22.7. The van der Waals surface area contributed by atoms with Crippen molar-refractivity contribution in [3.8, 4) is 11.5 Å². The Morgan fingerprint density at radius 3 is 2.56 bits per heavy atom. The van der Waals surface area contributed by atoms with Gasteiger partial charge in [0.15, 0.2) is 16.7 Å². The second-order valence-electron chi connectivity index (χ2n) is 7.78. The molecule has 186 valence electrons. The molecule has 1 aliphatic rings. The Morgan fingerprint density at radius 1 is 1.03 bits per heavy atom. The van der Waals surface area contributed by atoms with Crippen LogP contribution < -0.4 is 9.47 Å². The van der Waals surface area contributed by atoms with Crippen molar-refractivity contribution in [1.82, 2.24) is 4.90 Å². The summed E-state index contributed by atoms with van der Waals surface area (Å²) < 4.78 is 17.0. The number of carbonyl (C=O) groups is 1. The van der Waals surface area contributed by atoms with Crippen molar-refractivity contribution in [1.29, 1.82) is 0 Å². The van der Waals surface area contributed by atoms with E-state index in [1.165, 1.54) is 11.8 Å². The molecule has 6 nitrogen and oxygen atoms in total. The number of methoxy groups -OCH3 is 1. The van der Waals surface area contributed by atoms with Crippen LogP contribution in [0.4, 0.5) is 5.69 Å². The molecule has 8 heteroatoms. The highest BCUT2D eigenvalue weighted by Crippen LogP contribution is 2.36. The zero-order valence-electron chi connectivity index (χ0n) is 20.1. The van der Waals surface area contributed by atoms with Crippen LogP contribution >= 0.6 is 23.4 Å². The van der Waals surface area contributed by atoms with Gasteiger partial charge in [-0.2, -0.15) is 0 Å². The molecule has 3 aromatic carbocycles. The molecule has 36 heavy (non-hydrogen) atoms. The molecule has 0 atom stereocenters. The first-order valence-corrected chi connectivity index (χ1v) is 12.8. The molecule has 0 N–H and O–H groups in total. The van der Waals surface area contributed by atoms with Crippen molar-refractivity contribution in [3.05, 3.63) is 93.9 Å². The molecule has 0 aromatic heterocycles. The van der Waals surface area contributed by atoms with Gasteiger partial charge in [-0.1, -0.05) is 54.1 Å². The van der Waals surface area contributed by atoms with Gasteiger partial charge in [-0.25, -0.2) is 4.99 Å². The minimum Gasteiger partial charge on any atom is -0.493 e. The van der Waals surface area contributed by atoms with Gasteiger partial charge in [0.1, 0.15) is 6.61 Å². The highest BCUT2D eigenvalue weighted by atomic mass is 35.5. The third-order valence-electron chi connectivity index (χ3n) is 5.36. The number of amidine groups is 1. The molecule has 0 unspecified atom stereocenters. The highest BCUT2D eigenvalue weighted by molar-refractivity contribution is 8.18. The van der Waals surface area contributed by atoms with E-state index in [9.17, 15) is 4.79 Å². The number of hydrogen-bond acceptors (Lipinski definition) is 6. The average molecular weight is 523 g/mol. The van der Waals surface area contributed by atoms with E-state index in [0.717, 1.165) is 16.8 Å². The van der Waals surface area contributed by atoms with Crippen LogP contribution in [0.15, 0.2) is 82.7 Å². The van der Waals surface area contributed by atoms with E-state index in [1.807, 2.05) is 85.8 Å². The van der Waals surface area contributed by atoms with E-state index in [0.29, 0.717) is 53.0 Å². The van der Waals surface area contributed by atoms with Gasteiger partial charge in [0.2, 0.25) is 0 Å². The Balaban J connectivity index is 1.55. The molecule has 1 aliphatic heterocycles. The Kier molecular flexibility index (Phi) is 9.06. The maximum absolute atomic E-state index is 13.2. The summed E-state index contributed by atoms with van der Waals surface area (Å²) in [7, 11) is 1.59. The van der Waals surface area contributed by atoms with Crippen LogP contribution in [0, 0.1) is 0 Å². The van der Waals surface area contributed by atoms with Gasteiger partial charge in [0.05, 0.1) is 30.9 Å². The molecular weight excluding hydrogens is 496 g/mol. The number of amides is 1. The monoisotopic (exact) mass is 522 g/mol. The number of hydrogen-bond donors (Lipinski definition) is 0. The predicted molar refractivity (Wildman–Crippen MR) is 146 cm³/mol. The first kappa shape index (κ1) is 25.8. The fourth-order valence-electron chi connectivity index (χ4n) is 3.52. The van der Waals surface area contributed by atoms with E-state index in [-0.39, 0.29) is 5.91 Å². The lowest BCUT2D eigenvalue weighted by molar-refractivity contribution is -0.122. The van der Waals surface area contributed by atoms with E-state index >= 15 is 0 Å². The molecule has 0 spiro atoms. The van der Waals surface area contributed by atoms with Crippen molar-refractivity contribution in [3.63, 3.8) is 0 Å². The smallest absolute Gasteiger partial charge is 0.266 e. The van der Waals surface area contributed by atoms with Crippen molar-refractivity contribution < 1.29 is 19.0 Å². The maximum atomic E-state index is 13.2. The lowest BCUT2D eigenvalue weighted by Crippen LogP contribution is -2.32. The van der Waals surface area contributed by atoms with Crippen molar-refractivity contribution in [2.75, 3.05) is 26.9 Å². The van der Waals surface area contributed by atoms with Crippen LogP contribution in [0.25, 0.3) is 6.08 Å². The average Bonchev–Trinajstić information content (AvgIpc) is 3.18. The first-order valence-electron chi connectivity index (χ1n) is 11.6. The third-order valence-corrected chi connectivity index (χ3v) is 6.73. The number of halogens is 1. The van der Waals surface area contributed by atoms with Gasteiger partial charge in [-0.15, -0.1) is 0 Å². The predicted octanol–water partition coefficient (Wildman–Crippen LogP) is 6.57. The summed E-state index contributed by atoms with van der Waals surface area (Å²) in [4.78, 5) is 20.2. The van der Waals surface area contributed by atoms with Gasteiger partial charge in [-0.3, -0.25) is 9.69 Å². The minimum atomic E-state index is -0.104. The molecule has 0 radical (unpaired) electrons. The number of thioether (sulfide) groups is 1. The SMILES string of the molecule is CCOCCN1C(=O)/C(=C/c2ccc(OCc3ccccc3Cl)c(OC)c2)SC1=Nc1ccccc1. The third kappa shape index (κ3) is 6.49. The summed E-state index contributed by atoms with van der Waals surface area (Å²) in [5, 5.41) is 1.28. The zero-order chi connectivity index (χ0) is 25.3. The van der Waals surface area contributed by atoms with E-state index in [1.54, 1.807) is 12.0 Å². The topological polar surface area (TPSA) is 60.4 Å². The number of rotatable bonds is 10. The molecule has 1 amide bonds. The normalized spacial score (nSPS) is 15.6. The number of aliphatic imine (C=N–C) groups is 1. The number of carbonyl (C=O) groups excluding carboxylic acids is 1. The van der Waals surface area contributed by atoms with Crippen LogP contribution in [-0.2, 0) is 16.1 Å². The molecule has 1 heterocycles. The molecule has 4 rings (SSSR count). The minimum absolute atomic E-state index is 0.104. The molecule has 3 aromatic rings. The first-order chi connectivity index (χ1) is 17.6. The van der Waals surface area contributed by atoms with E-state index < -0.39 is 0 Å². The highest BCUT2D eigenvalue weighted by Gasteiger charge is 2.33. The second-order valence-corrected chi connectivity index (χ2v) is 9.20. The summed E-state index contributed by atoms with van der Waals surface area (Å²) in [5.74, 6) is 1.06. The number of ether oxygens (including phenoxy) is 3. The molecule has 1 fully saturated rings. The summed E-state index contributed by atoms with van der Waals surface area (Å²) >= 11 is 7.58. The van der Waals surface area contributed by atoms with Crippen LogP contribution in [0.1, 0.15) is 18.1 Å². The van der Waals surface area contributed by atoms with Gasteiger partial charge in [-0.05, 0) is 60.7 Å². The van der Waals surface area contributed by atoms with Crippen LogP contribution in [0.3, 0.4) is 0 Å². The van der Waals surface area contributed by atoms with Gasteiger partial charge in [0.25, 0.3) is 5.91 Å². The van der Waals surface area contributed by atoms with Crippen molar-refractivity contribution in [2.45, 2.75) is 13.5 Å². The standard InChI is InChI=1S/C28H27ClN2O4S/c1-3-34-16-15-31-27(32)26(36-28(31)30-22-10-5-4-6-11-22)18-20-13-14-24(25(17-20)33-2)35-19-21-9-7-8-12-23(21)29/h4-14,17-18H,3,15-16,19H2,1-2H3/b26-18-,30-28?. The summed E-state index contributed by atoms with van der Waals surface area (Å²) in [5.41, 5.74) is 2.49. The molecule has 0 saturated carbocycles. The molecular formula is C28H27ClN2O4S. The van der Waals surface area contributed by atoms with Crippen molar-refractivity contribution >= 4 is 46.2 Å². The van der Waals surface area contributed by atoms with Crippen molar-refractivity contribution in [2.24, 2.45) is 4.99 Å². The number of para-hydroxylation sites is 1. The number of benzene rings is 3. The van der Waals surface area contributed by atoms with Crippen LogP contribution in [-0.4, -0.2) is 42.8 Å². The fraction of sp³-hybridized carbons (Fsp3) is 0.214. The van der Waals surface area contributed by atoms with Gasteiger partial charge < -0.3 is 14.2 Å². The lowest BCUT2D eigenvalue weighted by Gasteiger charge is -2.15. The molecule has 0 bridgehead atoms. The largest absolute Gasteiger partial charge is 0.493 e. The zero-order valence-corrected chi connectivity index (χ0v) is 21.7. The summed E-state index contributed by atoms with van der Waals surface area (Å²) in [6.45, 7) is 3.71. The Morgan fingerprint density at radius 2 is 1.81 bits per heavy atom. The Bertz CT molecular complexity index is 1260. The Hall–Kier alpha value is -3.26. The molecule has 0 aliphatic carbocycles. The van der Waals surface area contributed by atoms with E-state index in [2.05, 4.69) is 0 Å². The van der Waals surface area contributed by atoms with Crippen LogP contribution in [0.5, 0.6) is 11.5 Å². The maximum Gasteiger partial charge on any atom is 0.266 e. The lowest BCUT2D eigenvalue weighted by atomic mass is 10.1. The quantitative estimate of drug-likeness (QED) is 0.223. The molecule has 1 saturated heterocycles.